The van der Waals surface area contributed by atoms with Gasteiger partial charge in [-0.3, -0.25) is 4.79 Å². The minimum Gasteiger partial charge on any atom is -0.356 e. The van der Waals surface area contributed by atoms with Gasteiger partial charge in [0.05, 0.1) is 5.75 Å². The molecule has 0 unspecified atom stereocenters. The van der Waals surface area contributed by atoms with Gasteiger partial charge in [-0.2, -0.15) is 0 Å². The second kappa shape index (κ2) is 8.56. The van der Waals surface area contributed by atoms with Crippen molar-refractivity contribution in [2.24, 2.45) is 0 Å². The van der Waals surface area contributed by atoms with Crippen molar-refractivity contribution in [2.45, 2.75) is 25.3 Å². The van der Waals surface area contributed by atoms with Gasteiger partial charge in [0.15, 0.2) is 0 Å². The first kappa shape index (κ1) is 15.5. The highest BCUT2D eigenvalue weighted by Gasteiger charge is 2.05. The lowest BCUT2D eigenvalue weighted by Crippen LogP contribution is -2.24. The molecule has 1 amide bonds. The summed E-state index contributed by atoms with van der Waals surface area (Å²) in [5, 5.41) is 6.08. The molecule has 3 nitrogen and oxygen atoms in total. The highest BCUT2D eigenvalue weighted by molar-refractivity contribution is 9.10. The third kappa shape index (κ3) is 5.42. The van der Waals surface area contributed by atoms with Crippen LogP contribution >= 0.6 is 27.7 Å². The fourth-order valence-electron chi connectivity index (χ4n) is 1.43. The van der Waals surface area contributed by atoms with E-state index in [2.05, 4.69) is 51.7 Å². The van der Waals surface area contributed by atoms with Gasteiger partial charge in [-0.1, -0.05) is 13.0 Å². The number of nitrogens with one attached hydrogen (secondary N) is 2. The van der Waals surface area contributed by atoms with Gasteiger partial charge in [-0.05, 0) is 47.1 Å². The van der Waals surface area contributed by atoms with Gasteiger partial charge in [0.1, 0.15) is 0 Å². The molecule has 1 aromatic rings. The Hall–Kier alpha value is -0.520. The molecule has 0 heterocycles. The standard InChI is InChI=1S/C13H19BrN2OS/c1-3-15-8-10-5-6-12(11(14)7-10)18-9-13(17)16-4-2/h5-7,15H,3-4,8-9H2,1-2H3,(H,16,17). The van der Waals surface area contributed by atoms with E-state index in [9.17, 15) is 4.79 Å². The summed E-state index contributed by atoms with van der Waals surface area (Å²) in [4.78, 5) is 12.5. The van der Waals surface area contributed by atoms with Crippen molar-refractivity contribution in [3.63, 3.8) is 0 Å². The smallest absolute Gasteiger partial charge is 0.230 e. The lowest BCUT2D eigenvalue weighted by molar-refractivity contribution is -0.118. The maximum atomic E-state index is 11.4. The minimum atomic E-state index is 0.0751. The molecule has 1 rings (SSSR count). The van der Waals surface area contributed by atoms with E-state index in [-0.39, 0.29) is 5.91 Å². The van der Waals surface area contributed by atoms with E-state index >= 15 is 0 Å². The molecule has 0 fully saturated rings. The van der Waals surface area contributed by atoms with Crippen LogP contribution in [0.3, 0.4) is 0 Å². The molecule has 0 aliphatic carbocycles. The van der Waals surface area contributed by atoms with E-state index in [0.29, 0.717) is 12.3 Å². The maximum Gasteiger partial charge on any atom is 0.230 e. The molecule has 0 saturated carbocycles. The van der Waals surface area contributed by atoms with Crippen LogP contribution < -0.4 is 10.6 Å². The number of hydrogen-bond donors (Lipinski definition) is 2. The van der Waals surface area contributed by atoms with Crippen molar-refractivity contribution in [1.82, 2.24) is 10.6 Å². The van der Waals surface area contributed by atoms with Gasteiger partial charge >= 0.3 is 0 Å². The van der Waals surface area contributed by atoms with Crippen molar-refractivity contribution in [1.29, 1.82) is 0 Å². The van der Waals surface area contributed by atoms with E-state index in [1.165, 1.54) is 5.56 Å². The zero-order valence-electron chi connectivity index (χ0n) is 10.8. The monoisotopic (exact) mass is 330 g/mol. The molecule has 2 N–H and O–H groups in total. The van der Waals surface area contributed by atoms with Crippen LogP contribution in [0.15, 0.2) is 27.6 Å². The molecule has 0 aliphatic rings. The molecule has 18 heavy (non-hydrogen) atoms. The molecule has 5 heteroatoms. The lowest BCUT2D eigenvalue weighted by atomic mass is 10.2. The van der Waals surface area contributed by atoms with Crippen LogP contribution in [0.25, 0.3) is 0 Å². The number of carbonyl (C=O) groups is 1. The molecule has 0 spiro atoms. The Morgan fingerprint density at radius 2 is 2.11 bits per heavy atom. The molecule has 1 aromatic carbocycles. The Morgan fingerprint density at radius 1 is 1.33 bits per heavy atom. The highest BCUT2D eigenvalue weighted by atomic mass is 79.9. The Kier molecular flexibility index (Phi) is 7.39. The maximum absolute atomic E-state index is 11.4. The third-order valence-corrected chi connectivity index (χ3v) is 4.30. The zero-order valence-corrected chi connectivity index (χ0v) is 13.2. The van der Waals surface area contributed by atoms with Crippen molar-refractivity contribution in [3.8, 4) is 0 Å². The van der Waals surface area contributed by atoms with E-state index in [4.69, 9.17) is 0 Å². The Morgan fingerprint density at radius 3 is 2.72 bits per heavy atom. The first-order valence-electron chi connectivity index (χ1n) is 6.06. The van der Waals surface area contributed by atoms with Crippen LogP contribution in [0.5, 0.6) is 0 Å². The van der Waals surface area contributed by atoms with Gasteiger partial charge in [-0.15, -0.1) is 11.8 Å². The average molecular weight is 331 g/mol. The van der Waals surface area contributed by atoms with Gasteiger partial charge in [0.25, 0.3) is 0 Å². The second-order valence-corrected chi connectivity index (χ2v) is 5.66. The van der Waals surface area contributed by atoms with Crippen LogP contribution in [0.2, 0.25) is 0 Å². The van der Waals surface area contributed by atoms with Crippen molar-refractivity contribution in [3.05, 3.63) is 28.2 Å². The normalized spacial score (nSPS) is 10.4. The van der Waals surface area contributed by atoms with Gasteiger partial charge in [-0.25, -0.2) is 0 Å². The predicted molar refractivity (Wildman–Crippen MR) is 80.9 cm³/mol. The predicted octanol–water partition coefficient (Wildman–Crippen LogP) is 2.79. The summed E-state index contributed by atoms with van der Waals surface area (Å²) >= 11 is 5.10. The van der Waals surface area contributed by atoms with E-state index in [1.54, 1.807) is 11.8 Å². The van der Waals surface area contributed by atoms with Gasteiger partial charge in [0.2, 0.25) is 5.91 Å². The van der Waals surface area contributed by atoms with Gasteiger partial charge < -0.3 is 10.6 Å². The summed E-state index contributed by atoms with van der Waals surface area (Å²) < 4.78 is 1.05. The number of amides is 1. The molecule has 0 atom stereocenters. The minimum absolute atomic E-state index is 0.0751. The van der Waals surface area contributed by atoms with Crippen molar-refractivity contribution < 1.29 is 4.79 Å². The van der Waals surface area contributed by atoms with Crippen LogP contribution in [-0.2, 0) is 11.3 Å². The fourth-order valence-corrected chi connectivity index (χ4v) is 2.95. The van der Waals surface area contributed by atoms with Crippen LogP contribution in [0.1, 0.15) is 19.4 Å². The topological polar surface area (TPSA) is 41.1 Å². The Bertz CT molecular complexity index is 399. The molecule has 0 radical (unpaired) electrons. The molecule has 0 bridgehead atoms. The first-order chi connectivity index (χ1) is 8.67. The van der Waals surface area contributed by atoms with Crippen LogP contribution in [0, 0.1) is 0 Å². The Balaban J connectivity index is 2.54. The fraction of sp³-hybridized carbons (Fsp3) is 0.462. The largest absolute Gasteiger partial charge is 0.356 e. The average Bonchev–Trinajstić information content (AvgIpc) is 2.35. The number of halogens is 1. The van der Waals surface area contributed by atoms with Crippen molar-refractivity contribution >= 4 is 33.6 Å². The summed E-state index contributed by atoms with van der Waals surface area (Å²) in [5.41, 5.74) is 1.24. The molecule has 0 aliphatic heterocycles. The van der Waals surface area contributed by atoms with E-state index in [0.717, 1.165) is 22.5 Å². The van der Waals surface area contributed by atoms with E-state index in [1.807, 2.05) is 6.92 Å². The van der Waals surface area contributed by atoms with Gasteiger partial charge in [0, 0.05) is 22.5 Å². The number of thioether (sulfide) groups is 1. The highest BCUT2D eigenvalue weighted by Crippen LogP contribution is 2.28. The number of carbonyl (C=O) groups excluding carboxylic acids is 1. The number of benzene rings is 1. The number of rotatable bonds is 7. The van der Waals surface area contributed by atoms with Crippen LogP contribution in [0.4, 0.5) is 0 Å². The Labute approximate surface area is 121 Å². The quantitative estimate of drug-likeness (QED) is 0.755. The molecular weight excluding hydrogens is 312 g/mol. The summed E-state index contributed by atoms with van der Waals surface area (Å²) in [7, 11) is 0. The molecule has 0 saturated heterocycles. The molecule has 0 aromatic heterocycles. The summed E-state index contributed by atoms with van der Waals surface area (Å²) in [6.07, 6.45) is 0. The van der Waals surface area contributed by atoms with E-state index < -0.39 is 0 Å². The summed E-state index contributed by atoms with van der Waals surface area (Å²) in [5.74, 6) is 0.532. The zero-order chi connectivity index (χ0) is 13.4. The second-order valence-electron chi connectivity index (χ2n) is 3.79. The third-order valence-electron chi connectivity index (χ3n) is 2.31. The number of hydrogen-bond acceptors (Lipinski definition) is 3. The lowest BCUT2D eigenvalue weighted by Gasteiger charge is -2.07. The summed E-state index contributed by atoms with van der Waals surface area (Å²) in [6, 6.07) is 6.25. The molecular formula is C13H19BrN2OS. The van der Waals surface area contributed by atoms with Crippen LogP contribution in [-0.4, -0.2) is 24.7 Å². The first-order valence-corrected chi connectivity index (χ1v) is 7.83. The SMILES string of the molecule is CCNCc1ccc(SCC(=O)NCC)c(Br)c1. The molecule has 100 valence electrons. The summed E-state index contributed by atoms with van der Waals surface area (Å²) in [6.45, 7) is 6.53. The van der Waals surface area contributed by atoms with Crippen molar-refractivity contribution in [2.75, 3.05) is 18.8 Å².